The summed E-state index contributed by atoms with van der Waals surface area (Å²) in [6.07, 6.45) is 0. The van der Waals surface area contributed by atoms with Crippen LogP contribution in [0.15, 0.2) is 23.2 Å². The molecule has 2 heteroatoms. The van der Waals surface area contributed by atoms with Gasteiger partial charge in [0, 0.05) is 24.0 Å². The average Bonchev–Trinajstić information content (AvgIpc) is 2.03. The highest BCUT2D eigenvalue weighted by Gasteiger charge is 2.00. The van der Waals surface area contributed by atoms with E-state index in [1.54, 1.807) is 7.05 Å². The zero-order valence-electron chi connectivity index (χ0n) is 7.76. The summed E-state index contributed by atoms with van der Waals surface area (Å²) in [7, 11) is 1.77. The van der Waals surface area contributed by atoms with Crippen molar-refractivity contribution in [2.75, 3.05) is 12.8 Å². The summed E-state index contributed by atoms with van der Waals surface area (Å²) in [6.45, 7) is 3.99. The van der Waals surface area contributed by atoms with Crippen LogP contribution >= 0.6 is 0 Å². The van der Waals surface area contributed by atoms with Crippen molar-refractivity contribution in [3.05, 3.63) is 29.3 Å². The van der Waals surface area contributed by atoms with Crippen molar-refractivity contribution in [1.29, 1.82) is 0 Å². The second kappa shape index (κ2) is 3.39. The topological polar surface area (TPSA) is 38.4 Å². The molecule has 0 unspecified atom stereocenters. The van der Waals surface area contributed by atoms with Crippen LogP contribution in [0, 0.1) is 6.92 Å². The lowest BCUT2D eigenvalue weighted by Crippen LogP contribution is -2.00. The van der Waals surface area contributed by atoms with Crippen molar-refractivity contribution < 1.29 is 0 Å². The van der Waals surface area contributed by atoms with Crippen LogP contribution in [-0.4, -0.2) is 12.8 Å². The van der Waals surface area contributed by atoms with Gasteiger partial charge in [-0.25, -0.2) is 0 Å². The lowest BCUT2D eigenvalue weighted by atomic mass is 10.1. The van der Waals surface area contributed by atoms with Crippen LogP contribution in [0.4, 0.5) is 5.69 Å². The van der Waals surface area contributed by atoms with Gasteiger partial charge in [0.1, 0.15) is 0 Å². The molecule has 0 heterocycles. The van der Waals surface area contributed by atoms with E-state index in [1.807, 2.05) is 32.0 Å². The minimum atomic E-state index is 0.804. The molecule has 0 radical (unpaired) electrons. The van der Waals surface area contributed by atoms with Crippen LogP contribution in [0.2, 0.25) is 0 Å². The minimum absolute atomic E-state index is 0.804. The van der Waals surface area contributed by atoms with Gasteiger partial charge in [-0.05, 0) is 25.5 Å². The Morgan fingerprint density at radius 2 is 2.08 bits per heavy atom. The SMILES string of the molecule is CN=C(C)c1ccc(C)cc1N. The smallest absolute Gasteiger partial charge is 0.0408 e. The third kappa shape index (κ3) is 1.64. The third-order valence-electron chi connectivity index (χ3n) is 1.93. The lowest BCUT2D eigenvalue weighted by molar-refractivity contribution is 1.39. The first kappa shape index (κ1) is 8.78. The van der Waals surface area contributed by atoms with E-state index in [0.29, 0.717) is 0 Å². The Bertz CT molecular complexity index is 314. The standard InChI is InChI=1S/C10H14N2/c1-7-4-5-9(8(2)12-3)10(11)6-7/h4-6H,11H2,1-3H3. The average molecular weight is 162 g/mol. The molecule has 64 valence electrons. The van der Waals surface area contributed by atoms with Crippen LogP contribution in [0.3, 0.4) is 0 Å². The number of nitrogens with two attached hydrogens (primary N) is 1. The molecule has 0 aliphatic heterocycles. The summed E-state index contributed by atoms with van der Waals surface area (Å²) in [5.41, 5.74) is 9.81. The molecule has 1 rings (SSSR count). The van der Waals surface area contributed by atoms with Gasteiger partial charge in [0.15, 0.2) is 0 Å². The van der Waals surface area contributed by atoms with Gasteiger partial charge in [-0.3, -0.25) is 4.99 Å². The molecular weight excluding hydrogens is 148 g/mol. The van der Waals surface area contributed by atoms with Crippen molar-refractivity contribution in [3.63, 3.8) is 0 Å². The molecular formula is C10H14N2. The minimum Gasteiger partial charge on any atom is -0.398 e. The molecule has 12 heavy (non-hydrogen) atoms. The fourth-order valence-electron chi connectivity index (χ4n) is 1.13. The van der Waals surface area contributed by atoms with Gasteiger partial charge in [-0.15, -0.1) is 0 Å². The highest BCUT2D eigenvalue weighted by molar-refractivity contribution is 6.03. The van der Waals surface area contributed by atoms with Gasteiger partial charge in [0.25, 0.3) is 0 Å². The predicted molar refractivity (Wildman–Crippen MR) is 53.7 cm³/mol. The fourth-order valence-corrected chi connectivity index (χ4v) is 1.13. The molecule has 0 fully saturated rings. The van der Waals surface area contributed by atoms with Gasteiger partial charge in [-0.1, -0.05) is 12.1 Å². The first-order valence-electron chi connectivity index (χ1n) is 3.95. The van der Waals surface area contributed by atoms with E-state index in [0.717, 1.165) is 17.0 Å². The summed E-state index contributed by atoms with van der Waals surface area (Å²) in [6, 6.07) is 6.01. The fraction of sp³-hybridized carbons (Fsp3) is 0.300. The van der Waals surface area contributed by atoms with E-state index < -0.39 is 0 Å². The second-order valence-corrected chi connectivity index (χ2v) is 2.90. The van der Waals surface area contributed by atoms with E-state index in [9.17, 15) is 0 Å². The van der Waals surface area contributed by atoms with Crippen LogP contribution in [0.1, 0.15) is 18.1 Å². The van der Waals surface area contributed by atoms with Gasteiger partial charge in [-0.2, -0.15) is 0 Å². The summed E-state index contributed by atoms with van der Waals surface area (Å²) < 4.78 is 0. The Kier molecular flexibility index (Phi) is 2.48. The van der Waals surface area contributed by atoms with Gasteiger partial charge in [0.05, 0.1) is 0 Å². The maximum Gasteiger partial charge on any atom is 0.0408 e. The quantitative estimate of drug-likeness (QED) is 0.498. The van der Waals surface area contributed by atoms with Crippen LogP contribution in [0.25, 0.3) is 0 Å². The molecule has 0 atom stereocenters. The van der Waals surface area contributed by atoms with Crippen molar-refractivity contribution in [2.24, 2.45) is 4.99 Å². The number of nitrogen functional groups attached to an aromatic ring is 1. The Morgan fingerprint density at radius 3 is 2.58 bits per heavy atom. The first-order valence-corrected chi connectivity index (χ1v) is 3.95. The molecule has 0 aromatic heterocycles. The van der Waals surface area contributed by atoms with Crippen LogP contribution in [-0.2, 0) is 0 Å². The zero-order valence-corrected chi connectivity index (χ0v) is 7.76. The molecule has 2 N–H and O–H groups in total. The number of hydrogen-bond donors (Lipinski definition) is 1. The number of benzene rings is 1. The van der Waals surface area contributed by atoms with Gasteiger partial charge < -0.3 is 5.73 Å². The number of aliphatic imine (C=N–C) groups is 1. The second-order valence-electron chi connectivity index (χ2n) is 2.90. The molecule has 1 aromatic carbocycles. The maximum atomic E-state index is 5.82. The summed E-state index contributed by atoms with van der Waals surface area (Å²) >= 11 is 0. The highest BCUT2D eigenvalue weighted by atomic mass is 14.7. The monoisotopic (exact) mass is 162 g/mol. The Morgan fingerprint density at radius 1 is 1.42 bits per heavy atom. The Balaban J connectivity index is 3.18. The van der Waals surface area contributed by atoms with Crippen molar-refractivity contribution in [3.8, 4) is 0 Å². The summed E-state index contributed by atoms with van der Waals surface area (Å²) in [4.78, 5) is 4.09. The highest BCUT2D eigenvalue weighted by Crippen LogP contribution is 2.14. The molecule has 0 amide bonds. The van der Waals surface area contributed by atoms with E-state index >= 15 is 0 Å². The van der Waals surface area contributed by atoms with E-state index in [2.05, 4.69) is 4.99 Å². The number of nitrogens with zero attached hydrogens (tertiary/aromatic N) is 1. The molecule has 0 saturated heterocycles. The van der Waals surface area contributed by atoms with Crippen LogP contribution in [0.5, 0.6) is 0 Å². The third-order valence-corrected chi connectivity index (χ3v) is 1.93. The number of aryl methyl sites for hydroxylation is 1. The molecule has 0 spiro atoms. The van der Waals surface area contributed by atoms with Crippen molar-refractivity contribution in [2.45, 2.75) is 13.8 Å². The molecule has 1 aromatic rings. The van der Waals surface area contributed by atoms with E-state index in [-0.39, 0.29) is 0 Å². The van der Waals surface area contributed by atoms with Gasteiger partial charge in [0.2, 0.25) is 0 Å². The molecule has 0 saturated carbocycles. The number of hydrogen-bond acceptors (Lipinski definition) is 2. The normalized spacial score (nSPS) is 11.8. The molecule has 2 nitrogen and oxygen atoms in total. The molecule has 0 bridgehead atoms. The first-order chi connectivity index (χ1) is 5.65. The summed E-state index contributed by atoms with van der Waals surface area (Å²) in [5, 5.41) is 0. The van der Waals surface area contributed by atoms with Crippen molar-refractivity contribution in [1.82, 2.24) is 0 Å². The predicted octanol–water partition coefficient (Wildman–Crippen LogP) is 2.02. The lowest BCUT2D eigenvalue weighted by Gasteiger charge is -2.04. The Labute approximate surface area is 73.1 Å². The van der Waals surface area contributed by atoms with Gasteiger partial charge >= 0.3 is 0 Å². The van der Waals surface area contributed by atoms with E-state index in [1.165, 1.54) is 5.56 Å². The largest absolute Gasteiger partial charge is 0.398 e. The molecule has 0 aliphatic rings. The molecule has 0 aliphatic carbocycles. The number of rotatable bonds is 1. The van der Waals surface area contributed by atoms with Crippen LogP contribution < -0.4 is 5.73 Å². The number of anilines is 1. The maximum absolute atomic E-state index is 5.82. The summed E-state index contributed by atoms with van der Waals surface area (Å²) in [5.74, 6) is 0. The zero-order chi connectivity index (χ0) is 9.14. The van der Waals surface area contributed by atoms with Crippen molar-refractivity contribution >= 4 is 11.4 Å². The van der Waals surface area contributed by atoms with E-state index in [4.69, 9.17) is 5.73 Å². The Hall–Kier alpha value is -1.31.